The number of halogens is 1. The second-order valence-corrected chi connectivity index (χ2v) is 6.29. The van der Waals surface area contributed by atoms with E-state index in [-0.39, 0.29) is 11.4 Å². The van der Waals surface area contributed by atoms with Crippen molar-refractivity contribution in [2.75, 3.05) is 11.8 Å². The highest BCUT2D eigenvalue weighted by molar-refractivity contribution is 7.91. The Balaban J connectivity index is 2.14. The van der Waals surface area contributed by atoms with Gasteiger partial charge in [-0.1, -0.05) is 24.3 Å². The van der Waals surface area contributed by atoms with Gasteiger partial charge >= 0.3 is 0 Å². The van der Waals surface area contributed by atoms with Crippen molar-refractivity contribution in [1.82, 2.24) is 10.3 Å². The van der Waals surface area contributed by atoms with Gasteiger partial charge in [0, 0.05) is 12.7 Å². The molecule has 0 saturated carbocycles. The van der Waals surface area contributed by atoms with Crippen LogP contribution in [0.15, 0.2) is 42.7 Å². The molecule has 1 aromatic carbocycles. The molecule has 2 aromatic rings. The molecule has 5 nitrogen and oxygen atoms in total. The first-order valence-corrected chi connectivity index (χ1v) is 7.98. The highest BCUT2D eigenvalue weighted by Crippen LogP contribution is 2.16. The SMILES string of the molecule is CNCc1cccc(CS(=O)(=O)Nc2ccncc2F)c1. The number of rotatable bonds is 6. The summed E-state index contributed by atoms with van der Waals surface area (Å²) in [7, 11) is -1.86. The number of hydrogen-bond acceptors (Lipinski definition) is 4. The first-order valence-electron chi connectivity index (χ1n) is 6.32. The monoisotopic (exact) mass is 309 g/mol. The van der Waals surface area contributed by atoms with E-state index in [1.165, 1.54) is 12.3 Å². The number of hydrogen-bond donors (Lipinski definition) is 2. The molecule has 7 heteroatoms. The Morgan fingerprint density at radius 2 is 2.00 bits per heavy atom. The molecular formula is C14H16FN3O2S. The van der Waals surface area contributed by atoms with Gasteiger partial charge in [0.15, 0.2) is 5.82 Å². The van der Waals surface area contributed by atoms with E-state index >= 15 is 0 Å². The van der Waals surface area contributed by atoms with E-state index in [4.69, 9.17) is 0 Å². The van der Waals surface area contributed by atoms with Crippen molar-refractivity contribution in [3.63, 3.8) is 0 Å². The number of sulfonamides is 1. The lowest BCUT2D eigenvalue weighted by Crippen LogP contribution is -2.16. The third-order valence-electron chi connectivity index (χ3n) is 2.77. The lowest BCUT2D eigenvalue weighted by atomic mass is 10.1. The fourth-order valence-corrected chi connectivity index (χ4v) is 3.11. The second-order valence-electron chi connectivity index (χ2n) is 4.57. The summed E-state index contributed by atoms with van der Waals surface area (Å²) in [6, 6.07) is 8.51. The molecule has 21 heavy (non-hydrogen) atoms. The van der Waals surface area contributed by atoms with Gasteiger partial charge < -0.3 is 5.32 Å². The van der Waals surface area contributed by atoms with Crippen LogP contribution in [0, 0.1) is 5.82 Å². The topological polar surface area (TPSA) is 71.1 Å². The Morgan fingerprint density at radius 1 is 1.24 bits per heavy atom. The van der Waals surface area contributed by atoms with Gasteiger partial charge in [-0.05, 0) is 24.2 Å². The van der Waals surface area contributed by atoms with Gasteiger partial charge in [0.1, 0.15) is 0 Å². The van der Waals surface area contributed by atoms with Crippen molar-refractivity contribution in [3.05, 3.63) is 59.7 Å². The number of pyridine rings is 1. The average molecular weight is 309 g/mol. The molecule has 0 unspecified atom stereocenters. The molecule has 2 N–H and O–H groups in total. The molecule has 0 aliphatic heterocycles. The Kier molecular flexibility index (Phi) is 4.87. The molecule has 0 fully saturated rings. The van der Waals surface area contributed by atoms with E-state index in [0.29, 0.717) is 12.1 Å². The minimum Gasteiger partial charge on any atom is -0.316 e. The summed E-state index contributed by atoms with van der Waals surface area (Å²) in [4.78, 5) is 3.57. The van der Waals surface area contributed by atoms with Crippen LogP contribution < -0.4 is 10.0 Å². The summed E-state index contributed by atoms with van der Waals surface area (Å²) < 4.78 is 39.8. The summed E-state index contributed by atoms with van der Waals surface area (Å²) in [6.45, 7) is 0.653. The predicted octanol–water partition coefficient (Wildman–Crippen LogP) is 1.88. The molecule has 0 amide bonds. The lowest BCUT2D eigenvalue weighted by molar-refractivity contribution is 0.597. The van der Waals surface area contributed by atoms with Gasteiger partial charge in [0.2, 0.25) is 10.0 Å². The molecule has 1 aromatic heterocycles. The lowest BCUT2D eigenvalue weighted by Gasteiger charge is -2.09. The van der Waals surface area contributed by atoms with Crippen LogP contribution in [0.4, 0.5) is 10.1 Å². The van der Waals surface area contributed by atoms with E-state index in [2.05, 4.69) is 15.0 Å². The molecule has 0 aliphatic rings. The predicted molar refractivity (Wildman–Crippen MR) is 79.6 cm³/mol. The van der Waals surface area contributed by atoms with E-state index in [9.17, 15) is 12.8 Å². The first-order chi connectivity index (χ1) is 10.00. The van der Waals surface area contributed by atoms with E-state index in [1.54, 1.807) is 18.2 Å². The largest absolute Gasteiger partial charge is 0.316 e. The van der Waals surface area contributed by atoms with Crippen molar-refractivity contribution in [2.24, 2.45) is 0 Å². The minimum atomic E-state index is -3.68. The maximum absolute atomic E-state index is 13.4. The Labute approximate surface area is 123 Å². The van der Waals surface area contributed by atoms with Crippen LogP contribution in [0.3, 0.4) is 0 Å². The van der Waals surface area contributed by atoms with Crippen molar-refractivity contribution in [3.8, 4) is 0 Å². The molecule has 0 bridgehead atoms. The summed E-state index contributed by atoms with van der Waals surface area (Å²) in [5.41, 5.74) is 1.53. The smallest absolute Gasteiger partial charge is 0.237 e. The van der Waals surface area contributed by atoms with Crippen LogP contribution in [0.25, 0.3) is 0 Å². The zero-order chi connectivity index (χ0) is 15.3. The maximum Gasteiger partial charge on any atom is 0.237 e. The quantitative estimate of drug-likeness (QED) is 0.855. The van der Waals surface area contributed by atoms with Gasteiger partial charge in [-0.2, -0.15) is 0 Å². The third kappa shape index (κ3) is 4.51. The number of aromatic nitrogens is 1. The van der Waals surface area contributed by atoms with Crippen LogP contribution in [-0.2, 0) is 22.3 Å². The normalized spacial score (nSPS) is 11.3. The fourth-order valence-electron chi connectivity index (χ4n) is 1.91. The highest BCUT2D eigenvalue weighted by Gasteiger charge is 2.14. The summed E-state index contributed by atoms with van der Waals surface area (Å²) in [6.07, 6.45) is 2.29. The van der Waals surface area contributed by atoms with Crippen molar-refractivity contribution in [2.45, 2.75) is 12.3 Å². The van der Waals surface area contributed by atoms with Crippen LogP contribution in [-0.4, -0.2) is 20.4 Å². The summed E-state index contributed by atoms with van der Waals surface area (Å²) in [5.74, 6) is -0.920. The standard InChI is InChI=1S/C14H16FN3O2S/c1-16-8-11-3-2-4-12(7-11)10-21(19,20)18-14-5-6-17-9-13(14)15/h2-7,9,16H,8,10H2,1H3,(H,17,18). The van der Waals surface area contributed by atoms with Crippen molar-refractivity contribution >= 4 is 15.7 Å². The van der Waals surface area contributed by atoms with Crippen LogP contribution in [0.5, 0.6) is 0 Å². The van der Waals surface area contributed by atoms with Gasteiger partial charge in [0.05, 0.1) is 17.6 Å². The van der Waals surface area contributed by atoms with Crippen molar-refractivity contribution in [1.29, 1.82) is 0 Å². The van der Waals surface area contributed by atoms with E-state index in [1.807, 2.05) is 13.1 Å². The first kappa shape index (κ1) is 15.4. The molecule has 0 saturated heterocycles. The molecule has 0 spiro atoms. The number of benzene rings is 1. The molecule has 1 heterocycles. The molecule has 0 radical (unpaired) electrons. The Hall–Kier alpha value is -1.99. The van der Waals surface area contributed by atoms with E-state index < -0.39 is 15.8 Å². The van der Waals surface area contributed by atoms with Gasteiger partial charge in [-0.3, -0.25) is 9.71 Å². The Bertz CT molecular complexity index is 720. The molecule has 2 rings (SSSR count). The van der Waals surface area contributed by atoms with E-state index in [0.717, 1.165) is 11.8 Å². The van der Waals surface area contributed by atoms with Gasteiger partial charge in [0.25, 0.3) is 0 Å². The number of nitrogens with one attached hydrogen (secondary N) is 2. The van der Waals surface area contributed by atoms with Crippen LogP contribution in [0.1, 0.15) is 11.1 Å². The zero-order valence-electron chi connectivity index (χ0n) is 11.5. The van der Waals surface area contributed by atoms with Crippen LogP contribution >= 0.6 is 0 Å². The van der Waals surface area contributed by atoms with Crippen molar-refractivity contribution < 1.29 is 12.8 Å². The third-order valence-corrected chi connectivity index (χ3v) is 4.01. The fraction of sp³-hybridized carbons (Fsp3) is 0.214. The van der Waals surface area contributed by atoms with Gasteiger partial charge in [-0.25, -0.2) is 12.8 Å². The highest BCUT2D eigenvalue weighted by atomic mass is 32.2. The second kappa shape index (κ2) is 6.64. The minimum absolute atomic E-state index is 0.101. The molecular weight excluding hydrogens is 293 g/mol. The Morgan fingerprint density at radius 3 is 2.71 bits per heavy atom. The van der Waals surface area contributed by atoms with Gasteiger partial charge in [-0.15, -0.1) is 0 Å². The average Bonchev–Trinajstić information content (AvgIpc) is 2.41. The van der Waals surface area contributed by atoms with Crippen LogP contribution in [0.2, 0.25) is 0 Å². The number of anilines is 1. The molecule has 0 aliphatic carbocycles. The maximum atomic E-state index is 13.4. The number of nitrogens with zero attached hydrogens (tertiary/aromatic N) is 1. The summed E-state index contributed by atoms with van der Waals surface area (Å²) >= 11 is 0. The zero-order valence-corrected chi connectivity index (χ0v) is 12.3. The molecule has 112 valence electrons. The summed E-state index contributed by atoms with van der Waals surface area (Å²) in [5, 5.41) is 3.00. The molecule has 0 atom stereocenters.